The Kier molecular flexibility index (Phi) is 4.49. The van der Waals surface area contributed by atoms with Gasteiger partial charge < -0.3 is 10.8 Å². The second-order valence-electron chi connectivity index (χ2n) is 3.64. The summed E-state index contributed by atoms with van der Waals surface area (Å²) >= 11 is 0. The van der Waals surface area contributed by atoms with Crippen LogP contribution in [-0.2, 0) is 16.6 Å². The summed E-state index contributed by atoms with van der Waals surface area (Å²) in [6.07, 6.45) is 1.87. The molecule has 0 spiro atoms. The van der Waals surface area contributed by atoms with Gasteiger partial charge in [-0.2, -0.15) is 5.10 Å². The number of hydrogen-bond donors (Lipinski definition) is 3. The van der Waals surface area contributed by atoms with Crippen molar-refractivity contribution >= 4 is 15.8 Å². The third-order valence-corrected chi connectivity index (χ3v) is 3.94. The minimum absolute atomic E-state index is 0.0351. The highest BCUT2D eigenvalue weighted by molar-refractivity contribution is 7.89. The Bertz CT molecular complexity index is 465. The molecule has 0 fully saturated rings. The molecule has 1 aromatic rings. The van der Waals surface area contributed by atoms with Gasteiger partial charge in [0.1, 0.15) is 4.90 Å². The number of aliphatic hydroxyl groups excluding tert-OH is 1. The van der Waals surface area contributed by atoms with E-state index < -0.39 is 16.1 Å². The Morgan fingerprint density at radius 2 is 2.24 bits per heavy atom. The van der Waals surface area contributed by atoms with E-state index in [0.29, 0.717) is 13.0 Å². The van der Waals surface area contributed by atoms with Crippen LogP contribution in [0.4, 0.5) is 5.82 Å². The molecule has 1 heterocycles. The van der Waals surface area contributed by atoms with Gasteiger partial charge in [0.15, 0.2) is 5.82 Å². The quantitative estimate of drug-likeness (QED) is 0.642. The predicted molar refractivity (Wildman–Crippen MR) is 63.8 cm³/mol. The minimum atomic E-state index is -3.72. The monoisotopic (exact) mass is 262 g/mol. The first-order valence-corrected chi connectivity index (χ1v) is 6.89. The molecule has 0 saturated heterocycles. The average Bonchev–Trinajstić information content (AvgIpc) is 2.68. The summed E-state index contributed by atoms with van der Waals surface area (Å²) in [4.78, 5) is -0.0498. The van der Waals surface area contributed by atoms with Crippen molar-refractivity contribution in [2.45, 2.75) is 37.8 Å². The Hall–Kier alpha value is -1.12. The smallest absolute Gasteiger partial charge is 0.246 e. The Balaban J connectivity index is 3.00. The summed E-state index contributed by atoms with van der Waals surface area (Å²) in [5.74, 6) is -0.0351. The number of aliphatic hydroxyl groups is 1. The third kappa shape index (κ3) is 3.18. The van der Waals surface area contributed by atoms with Gasteiger partial charge in [-0.3, -0.25) is 4.68 Å². The maximum atomic E-state index is 12.0. The molecule has 4 N–H and O–H groups in total. The molecule has 1 rings (SSSR count). The number of hydrogen-bond acceptors (Lipinski definition) is 5. The summed E-state index contributed by atoms with van der Waals surface area (Å²) in [7, 11) is -3.72. The number of nitrogens with two attached hydrogens (primary N) is 1. The summed E-state index contributed by atoms with van der Waals surface area (Å²) in [5.41, 5.74) is 5.55. The zero-order valence-corrected chi connectivity index (χ0v) is 10.7. The van der Waals surface area contributed by atoms with Crippen molar-refractivity contribution in [1.82, 2.24) is 14.5 Å². The van der Waals surface area contributed by atoms with E-state index in [4.69, 9.17) is 10.8 Å². The van der Waals surface area contributed by atoms with Crippen LogP contribution >= 0.6 is 0 Å². The van der Waals surface area contributed by atoms with E-state index in [9.17, 15) is 8.42 Å². The van der Waals surface area contributed by atoms with Crippen LogP contribution in [0.2, 0.25) is 0 Å². The molecule has 0 aliphatic heterocycles. The normalized spacial score (nSPS) is 13.8. The van der Waals surface area contributed by atoms with Crippen LogP contribution in [0.15, 0.2) is 11.1 Å². The van der Waals surface area contributed by atoms with Gasteiger partial charge in [-0.1, -0.05) is 6.92 Å². The van der Waals surface area contributed by atoms with E-state index in [1.807, 2.05) is 6.92 Å². The summed E-state index contributed by atoms with van der Waals surface area (Å²) in [6.45, 7) is 3.90. The zero-order chi connectivity index (χ0) is 13.1. The number of aryl methyl sites for hydroxylation is 1. The van der Waals surface area contributed by atoms with Crippen molar-refractivity contribution in [3.8, 4) is 0 Å². The standard InChI is InChI=1S/C9H18N4O3S/c1-3-7(6-14)12-17(15,16)8-5-13(4-2)11-9(8)10/h5,7,12,14H,3-4,6H2,1-2H3,(H2,10,11)/t7-/m1/s1. The Morgan fingerprint density at radius 3 is 2.65 bits per heavy atom. The highest BCUT2D eigenvalue weighted by Gasteiger charge is 2.23. The van der Waals surface area contributed by atoms with Gasteiger partial charge in [-0.15, -0.1) is 0 Å². The largest absolute Gasteiger partial charge is 0.395 e. The van der Waals surface area contributed by atoms with Crippen molar-refractivity contribution in [2.75, 3.05) is 12.3 Å². The maximum absolute atomic E-state index is 12.0. The first-order chi connectivity index (χ1) is 7.94. The molecule has 0 aromatic carbocycles. The van der Waals surface area contributed by atoms with Crippen LogP contribution in [0.25, 0.3) is 0 Å². The highest BCUT2D eigenvalue weighted by atomic mass is 32.2. The van der Waals surface area contributed by atoms with Gasteiger partial charge in [-0.25, -0.2) is 13.1 Å². The fourth-order valence-corrected chi connectivity index (χ4v) is 2.70. The van der Waals surface area contributed by atoms with Crippen LogP contribution in [0.3, 0.4) is 0 Å². The van der Waals surface area contributed by atoms with Gasteiger partial charge in [-0.05, 0) is 13.3 Å². The van der Waals surface area contributed by atoms with E-state index in [-0.39, 0.29) is 17.3 Å². The fraction of sp³-hybridized carbons (Fsp3) is 0.667. The van der Waals surface area contributed by atoms with Gasteiger partial charge in [0.05, 0.1) is 6.61 Å². The lowest BCUT2D eigenvalue weighted by atomic mass is 10.3. The number of sulfonamides is 1. The number of nitrogen functional groups attached to an aromatic ring is 1. The first-order valence-electron chi connectivity index (χ1n) is 5.40. The SMILES string of the molecule is CC[C@H](CO)NS(=O)(=O)c1cn(CC)nc1N. The van der Waals surface area contributed by atoms with Crippen molar-refractivity contribution in [3.63, 3.8) is 0 Å². The van der Waals surface area contributed by atoms with E-state index in [2.05, 4.69) is 9.82 Å². The van der Waals surface area contributed by atoms with Crippen LogP contribution in [0.1, 0.15) is 20.3 Å². The van der Waals surface area contributed by atoms with E-state index >= 15 is 0 Å². The van der Waals surface area contributed by atoms with Gasteiger partial charge >= 0.3 is 0 Å². The zero-order valence-electron chi connectivity index (χ0n) is 9.92. The van der Waals surface area contributed by atoms with Crippen molar-refractivity contribution in [3.05, 3.63) is 6.20 Å². The average molecular weight is 262 g/mol. The maximum Gasteiger partial charge on any atom is 0.246 e. The lowest BCUT2D eigenvalue weighted by Gasteiger charge is -2.13. The van der Waals surface area contributed by atoms with Crippen LogP contribution < -0.4 is 10.5 Å². The predicted octanol–water partition coefficient (Wildman–Crippen LogP) is -0.466. The fourth-order valence-electron chi connectivity index (χ4n) is 1.32. The number of rotatable bonds is 6. The molecule has 0 radical (unpaired) electrons. The molecule has 0 aliphatic carbocycles. The minimum Gasteiger partial charge on any atom is -0.395 e. The van der Waals surface area contributed by atoms with E-state index in [1.54, 1.807) is 6.92 Å². The number of aromatic nitrogens is 2. The molecular weight excluding hydrogens is 244 g/mol. The Morgan fingerprint density at radius 1 is 1.59 bits per heavy atom. The summed E-state index contributed by atoms with van der Waals surface area (Å²) < 4.78 is 27.7. The van der Waals surface area contributed by atoms with Crippen LogP contribution in [0.5, 0.6) is 0 Å². The molecular formula is C9H18N4O3S. The molecule has 0 saturated carbocycles. The van der Waals surface area contributed by atoms with Crippen LogP contribution in [-0.4, -0.2) is 36.0 Å². The lowest BCUT2D eigenvalue weighted by Crippen LogP contribution is -2.37. The number of nitrogens with zero attached hydrogens (tertiary/aromatic N) is 2. The summed E-state index contributed by atoms with van der Waals surface area (Å²) in [6, 6.07) is -0.510. The molecule has 0 unspecified atom stereocenters. The van der Waals surface area contributed by atoms with E-state index in [0.717, 1.165) is 0 Å². The second-order valence-corrected chi connectivity index (χ2v) is 5.33. The molecule has 0 amide bonds. The molecule has 7 nitrogen and oxygen atoms in total. The van der Waals surface area contributed by atoms with Gasteiger partial charge in [0, 0.05) is 18.8 Å². The number of anilines is 1. The second kappa shape index (κ2) is 5.48. The van der Waals surface area contributed by atoms with Crippen LogP contribution in [0, 0.1) is 0 Å². The van der Waals surface area contributed by atoms with Crippen molar-refractivity contribution in [2.24, 2.45) is 0 Å². The number of nitrogens with one attached hydrogen (secondary N) is 1. The molecule has 0 aliphatic rings. The molecule has 17 heavy (non-hydrogen) atoms. The van der Waals surface area contributed by atoms with E-state index in [1.165, 1.54) is 10.9 Å². The van der Waals surface area contributed by atoms with Crippen molar-refractivity contribution < 1.29 is 13.5 Å². The summed E-state index contributed by atoms with van der Waals surface area (Å²) in [5, 5.41) is 12.8. The van der Waals surface area contributed by atoms with Gasteiger partial charge in [0.25, 0.3) is 0 Å². The topological polar surface area (TPSA) is 110 Å². The molecule has 0 bridgehead atoms. The molecule has 8 heteroatoms. The third-order valence-electron chi connectivity index (χ3n) is 2.40. The van der Waals surface area contributed by atoms with Gasteiger partial charge in [0.2, 0.25) is 10.0 Å². The molecule has 1 atom stereocenters. The molecule has 98 valence electrons. The first kappa shape index (κ1) is 13.9. The lowest BCUT2D eigenvalue weighted by molar-refractivity contribution is 0.254. The highest BCUT2D eigenvalue weighted by Crippen LogP contribution is 2.16. The Labute approximate surface area is 101 Å². The van der Waals surface area contributed by atoms with Crippen molar-refractivity contribution in [1.29, 1.82) is 0 Å². The molecule has 1 aromatic heterocycles.